The lowest BCUT2D eigenvalue weighted by Crippen LogP contribution is -2.37. The summed E-state index contributed by atoms with van der Waals surface area (Å²) in [5.74, 6) is 0.399. The van der Waals surface area contributed by atoms with Crippen LogP contribution >= 0.6 is 0 Å². The number of hydrogen-bond donors (Lipinski definition) is 0. The lowest BCUT2D eigenvalue weighted by Gasteiger charge is -2.22. The molecule has 144 valence electrons. The van der Waals surface area contributed by atoms with Gasteiger partial charge in [-0.2, -0.15) is 5.26 Å². The average molecular weight is 379 g/mol. The second-order valence-corrected chi connectivity index (χ2v) is 7.34. The normalized spacial score (nSPS) is 21.6. The van der Waals surface area contributed by atoms with Gasteiger partial charge in [-0.15, -0.1) is 0 Å². The van der Waals surface area contributed by atoms with Gasteiger partial charge in [-0.1, -0.05) is 18.2 Å². The van der Waals surface area contributed by atoms with Crippen LogP contribution in [0.3, 0.4) is 0 Å². The molecule has 0 aromatic heterocycles. The minimum atomic E-state index is -0.412. The summed E-state index contributed by atoms with van der Waals surface area (Å²) in [4.78, 5) is 16.7. The van der Waals surface area contributed by atoms with E-state index >= 15 is 0 Å². The average Bonchev–Trinajstić information content (AvgIpc) is 3.38. The standard InChI is InChI=1S/C22H22FN3O2/c23-20-12-16(13-24)6-7-21(20)25-10-8-17(14-25)22(27)26-11-9-19(15-26)28-18-4-2-1-3-5-18/h1-7,12,17,19H,8-11,14-15H2/t17?,19-/m1/s1. The monoisotopic (exact) mass is 379 g/mol. The Morgan fingerprint density at radius 1 is 1.11 bits per heavy atom. The molecule has 1 amide bonds. The third-order valence-corrected chi connectivity index (χ3v) is 5.46. The summed E-state index contributed by atoms with van der Waals surface area (Å²) in [5.41, 5.74) is 0.760. The number of nitriles is 1. The molecule has 0 bridgehead atoms. The number of halogens is 1. The Hall–Kier alpha value is -3.07. The second-order valence-electron chi connectivity index (χ2n) is 7.34. The first-order valence-electron chi connectivity index (χ1n) is 9.59. The first-order chi connectivity index (χ1) is 13.6. The Labute approximate surface area is 163 Å². The topological polar surface area (TPSA) is 56.6 Å². The Balaban J connectivity index is 1.34. The summed E-state index contributed by atoms with van der Waals surface area (Å²) in [5, 5.41) is 8.88. The van der Waals surface area contributed by atoms with Gasteiger partial charge in [0, 0.05) is 26.1 Å². The van der Waals surface area contributed by atoms with E-state index in [-0.39, 0.29) is 17.9 Å². The number of benzene rings is 2. The van der Waals surface area contributed by atoms with Gasteiger partial charge in [0.15, 0.2) is 0 Å². The van der Waals surface area contributed by atoms with Crippen LogP contribution in [-0.4, -0.2) is 43.1 Å². The highest BCUT2D eigenvalue weighted by atomic mass is 19.1. The van der Waals surface area contributed by atoms with Crippen LogP contribution in [0, 0.1) is 23.1 Å². The molecule has 2 saturated heterocycles. The smallest absolute Gasteiger partial charge is 0.227 e. The second kappa shape index (κ2) is 7.89. The van der Waals surface area contributed by atoms with Crippen molar-refractivity contribution in [1.82, 2.24) is 4.90 Å². The third kappa shape index (κ3) is 3.79. The van der Waals surface area contributed by atoms with E-state index in [9.17, 15) is 9.18 Å². The van der Waals surface area contributed by atoms with Crippen LogP contribution in [0.1, 0.15) is 18.4 Å². The van der Waals surface area contributed by atoms with Crippen molar-refractivity contribution in [2.24, 2.45) is 5.92 Å². The van der Waals surface area contributed by atoms with Crippen molar-refractivity contribution in [3.63, 3.8) is 0 Å². The molecule has 2 atom stereocenters. The molecule has 5 nitrogen and oxygen atoms in total. The molecule has 2 aliphatic rings. The number of para-hydroxylation sites is 1. The van der Waals surface area contributed by atoms with E-state index in [0.29, 0.717) is 43.9 Å². The SMILES string of the molecule is N#Cc1ccc(N2CCC(C(=O)N3CC[C@@H](Oc4ccccc4)C3)C2)c(F)c1. The van der Waals surface area contributed by atoms with Crippen molar-refractivity contribution in [2.75, 3.05) is 31.1 Å². The van der Waals surface area contributed by atoms with E-state index < -0.39 is 5.82 Å². The van der Waals surface area contributed by atoms with Gasteiger partial charge < -0.3 is 14.5 Å². The number of likely N-dealkylation sites (tertiary alicyclic amines) is 1. The van der Waals surface area contributed by atoms with Crippen molar-refractivity contribution in [1.29, 1.82) is 5.26 Å². The highest BCUT2D eigenvalue weighted by Gasteiger charge is 2.36. The van der Waals surface area contributed by atoms with E-state index in [1.807, 2.05) is 46.2 Å². The number of nitrogens with zero attached hydrogens (tertiary/aromatic N) is 3. The molecule has 4 rings (SSSR count). The largest absolute Gasteiger partial charge is 0.489 e. The van der Waals surface area contributed by atoms with E-state index in [1.54, 1.807) is 12.1 Å². The molecule has 2 fully saturated rings. The molecule has 1 unspecified atom stereocenters. The van der Waals surface area contributed by atoms with Crippen LogP contribution in [0.25, 0.3) is 0 Å². The van der Waals surface area contributed by atoms with Gasteiger partial charge in [0.1, 0.15) is 17.7 Å². The molecule has 0 N–H and O–H groups in total. The van der Waals surface area contributed by atoms with Gasteiger partial charge in [-0.05, 0) is 36.8 Å². The van der Waals surface area contributed by atoms with E-state index in [0.717, 1.165) is 12.2 Å². The summed E-state index contributed by atoms with van der Waals surface area (Å²) >= 11 is 0. The van der Waals surface area contributed by atoms with Gasteiger partial charge in [0.05, 0.1) is 29.8 Å². The molecular weight excluding hydrogens is 357 g/mol. The fraction of sp³-hybridized carbons (Fsp3) is 0.364. The summed E-state index contributed by atoms with van der Waals surface area (Å²) < 4.78 is 20.2. The van der Waals surface area contributed by atoms with Crippen LogP contribution in [-0.2, 0) is 4.79 Å². The molecule has 28 heavy (non-hydrogen) atoms. The summed E-state index contributed by atoms with van der Waals surface area (Å²) in [6.07, 6.45) is 1.54. The molecule has 0 spiro atoms. The van der Waals surface area contributed by atoms with E-state index in [4.69, 9.17) is 10.00 Å². The predicted molar refractivity (Wildman–Crippen MR) is 103 cm³/mol. The van der Waals surface area contributed by atoms with Gasteiger partial charge in [0.25, 0.3) is 0 Å². The maximum Gasteiger partial charge on any atom is 0.227 e. The molecule has 0 radical (unpaired) electrons. The molecule has 6 heteroatoms. The number of hydrogen-bond acceptors (Lipinski definition) is 4. The highest BCUT2D eigenvalue weighted by molar-refractivity contribution is 5.80. The van der Waals surface area contributed by atoms with Crippen molar-refractivity contribution < 1.29 is 13.9 Å². The van der Waals surface area contributed by atoms with Crippen molar-refractivity contribution in [3.8, 4) is 11.8 Å². The first kappa shape index (κ1) is 18.3. The Kier molecular flexibility index (Phi) is 5.16. The molecule has 2 aliphatic heterocycles. The Morgan fingerprint density at radius 3 is 2.68 bits per heavy atom. The molecule has 0 aliphatic carbocycles. The number of carbonyl (C=O) groups excluding carboxylic acids is 1. The number of anilines is 1. The lowest BCUT2D eigenvalue weighted by atomic mass is 10.1. The third-order valence-electron chi connectivity index (χ3n) is 5.46. The van der Waals surface area contributed by atoms with Gasteiger partial charge in [-0.3, -0.25) is 4.79 Å². The number of rotatable bonds is 4. The number of carbonyl (C=O) groups is 1. The fourth-order valence-electron chi connectivity index (χ4n) is 3.99. The molecule has 2 aromatic carbocycles. The molecule has 2 aromatic rings. The molecular formula is C22H22FN3O2. The fourth-order valence-corrected chi connectivity index (χ4v) is 3.99. The number of amides is 1. The summed E-state index contributed by atoms with van der Waals surface area (Å²) in [6, 6.07) is 16.1. The lowest BCUT2D eigenvalue weighted by molar-refractivity contribution is -0.134. The first-order valence-corrected chi connectivity index (χ1v) is 9.59. The maximum atomic E-state index is 14.3. The molecule has 2 heterocycles. The summed E-state index contributed by atoms with van der Waals surface area (Å²) in [7, 11) is 0. The Bertz CT molecular complexity index is 896. The van der Waals surface area contributed by atoms with Crippen LogP contribution < -0.4 is 9.64 Å². The van der Waals surface area contributed by atoms with Crippen molar-refractivity contribution >= 4 is 11.6 Å². The zero-order valence-electron chi connectivity index (χ0n) is 15.6. The quantitative estimate of drug-likeness (QED) is 0.819. The maximum absolute atomic E-state index is 14.3. The van der Waals surface area contributed by atoms with Crippen molar-refractivity contribution in [3.05, 3.63) is 59.9 Å². The van der Waals surface area contributed by atoms with Crippen LogP contribution in [0.4, 0.5) is 10.1 Å². The predicted octanol–water partition coefficient (Wildman–Crippen LogP) is 3.20. The van der Waals surface area contributed by atoms with Gasteiger partial charge in [-0.25, -0.2) is 4.39 Å². The van der Waals surface area contributed by atoms with Crippen LogP contribution in [0.15, 0.2) is 48.5 Å². The summed E-state index contributed by atoms with van der Waals surface area (Å²) in [6.45, 7) is 2.42. The Morgan fingerprint density at radius 2 is 1.93 bits per heavy atom. The zero-order valence-corrected chi connectivity index (χ0v) is 15.6. The number of ether oxygens (including phenoxy) is 1. The molecule has 0 saturated carbocycles. The minimum absolute atomic E-state index is 0.0137. The van der Waals surface area contributed by atoms with Crippen molar-refractivity contribution in [2.45, 2.75) is 18.9 Å². The van der Waals surface area contributed by atoms with Crippen LogP contribution in [0.5, 0.6) is 5.75 Å². The van der Waals surface area contributed by atoms with Crippen LogP contribution in [0.2, 0.25) is 0 Å². The van der Waals surface area contributed by atoms with Gasteiger partial charge in [0.2, 0.25) is 5.91 Å². The van der Waals surface area contributed by atoms with E-state index in [1.165, 1.54) is 6.07 Å². The minimum Gasteiger partial charge on any atom is -0.489 e. The van der Waals surface area contributed by atoms with Gasteiger partial charge >= 0.3 is 0 Å². The zero-order chi connectivity index (χ0) is 19.5. The highest BCUT2D eigenvalue weighted by Crippen LogP contribution is 2.29. The van der Waals surface area contributed by atoms with E-state index in [2.05, 4.69) is 0 Å².